The fourth-order valence-corrected chi connectivity index (χ4v) is 0.928. The van der Waals surface area contributed by atoms with Crippen molar-refractivity contribution in [3.63, 3.8) is 0 Å². The number of ether oxygens (including phenoxy) is 1. The molecule has 0 saturated carbocycles. The highest BCUT2D eigenvalue weighted by atomic mass is 35.5. The molecule has 0 fully saturated rings. The van der Waals surface area contributed by atoms with Gasteiger partial charge in [0, 0.05) is 7.11 Å². The zero-order valence-corrected chi connectivity index (χ0v) is 7.02. The monoisotopic (exact) mass is 190 g/mol. The number of halogens is 1. The van der Waals surface area contributed by atoms with Crippen molar-refractivity contribution < 1.29 is 14.6 Å². The number of carbonyl (C=O) groups is 1. The Balaban J connectivity index is 2.81. The summed E-state index contributed by atoms with van der Waals surface area (Å²) in [5.41, 5.74) is 0. The highest BCUT2D eigenvalue weighted by Crippen LogP contribution is 2.13. The van der Waals surface area contributed by atoms with Crippen LogP contribution in [-0.4, -0.2) is 35.7 Å². The van der Waals surface area contributed by atoms with Gasteiger partial charge >= 0.3 is 6.09 Å². The van der Waals surface area contributed by atoms with Gasteiger partial charge in [-0.3, -0.25) is 0 Å². The van der Waals surface area contributed by atoms with Crippen LogP contribution in [0.5, 0.6) is 0 Å². The Hall–Kier alpha value is -1.07. The molecule has 1 unspecified atom stereocenters. The number of carboxylic acid groups (broad SMARTS) is 1. The van der Waals surface area contributed by atoms with Gasteiger partial charge in [0.25, 0.3) is 0 Å². The Morgan fingerprint density at radius 2 is 2.58 bits per heavy atom. The quantitative estimate of drug-likeness (QED) is 0.629. The lowest BCUT2D eigenvalue weighted by molar-refractivity contribution is 0.0485. The lowest BCUT2D eigenvalue weighted by atomic mass is 10.5. The van der Waals surface area contributed by atoms with Crippen molar-refractivity contribution in [3.8, 4) is 0 Å². The molecule has 1 aliphatic heterocycles. The van der Waals surface area contributed by atoms with Gasteiger partial charge in [-0.05, 0) is 0 Å². The third-order valence-corrected chi connectivity index (χ3v) is 1.50. The van der Waals surface area contributed by atoms with Crippen LogP contribution in [0.25, 0.3) is 0 Å². The molecule has 6 heteroatoms. The second-order valence-corrected chi connectivity index (χ2v) is 2.43. The predicted octanol–water partition coefficient (Wildman–Crippen LogP) is 1.06. The van der Waals surface area contributed by atoms with Gasteiger partial charge in [0.1, 0.15) is 5.16 Å². The van der Waals surface area contributed by atoms with Crippen molar-refractivity contribution in [1.82, 2.24) is 4.90 Å². The highest BCUT2D eigenvalue weighted by Gasteiger charge is 2.22. The predicted molar refractivity (Wildman–Crippen MR) is 43.1 cm³/mol. The van der Waals surface area contributed by atoms with E-state index in [1.807, 2.05) is 0 Å². The summed E-state index contributed by atoms with van der Waals surface area (Å²) in [5.74, 6) is 0. The minimum absolute atomic E-state index is 0.116. The maximum absolute atomic E-state index is 10.6. The third kappa shape index (κ3) is 1.75. The molecular formula is C6H7ClN2O3. The minimum Gasteiger partial charge on any atom is -0.465 e. The van der Waals surface area contributed by atoms with Gasteiger partial charge in [0.15, 0.2) is 6.23 Å². The fourth-order valence-electron chi connectivity index (χ4n) is 0.767. The smallest absolute Gasteiger partial charge is 0.413 e. The highest BCUT2D eigenvalue weighted by molar-refractivity contribution is 6.30. The topological polar surface area (TPSA) is 62.1 Å². The maximum Gasteiger partial charge on any atom is 0.413 e. The maximum atomic E-state index is 10.6. The molecule has 1 N–H and O–H groups in total. The minimum atomic E-state index is -1.13. The molecule has 5 nitrogen and oxygen atoms in total. The molecular weight excluding hydrogens is 184 g/mol. The first-order valence-corrected chi connectivity index (χ1v) is 3.48. The van der Waals surface area contributed by atoms with Gasteiger partial charge in [-0.1, -0.05) is 11.6 Å². The van der Waals surface area contributed by atoms with E-state index in [1.165, 1.54) is 19.5 Å². The number of hydrogen-bond acceptors (Lipinski definition) is 3. The Kier molecular flexibility index (Phi) is 2.67. The Morgan fingerprint density at radius 1 is 1.92 bits per heavy atom. The van der Waals surface area contributed by atoms with Crippen molar-refractivity contribution in [2.75, 3.05) is 7.11 Å². The summed E-state index contributed by atoms with van der Waals surface area (Å²) >= 11 is 5.48. The van der Waals surface area contributed by atoms with Gasteiger partial charge < -0.3 is 9.84 Å². The molecule has 0 saturated heterocycles. The van der Waals surface area contributed by atoms with Crippen LogP contribution in [0.4, 0.5) is 4.79 Å². The van der Waals surface area contributed by atoms with E-state index in [1.54, 1.807) is 0 Å². The summed E-state index contributed by atoms with van der Waals surface area (Å²) in [6.45, 7) is 0. The molecule has 0 bridgehead atoms. The zero-order valence-electron chi connectivity index (χ0n) is 6.27. The van der Waals surface area contributed by atoms with E-state index in [4.69, 9.17) is 21.4 Å². The average Bonchev–Trinajstić information content (AvgIpc) is 2.04. The van der Waals surface area contributed by atoms with E-state index in [0.29, 0.717) is 0 Å². The summed E-state index contributed by atoms with van der Waals surface area (Å²) in [7, 11) is 1.39. The molecule has 1 rings (SSSR count). The van der Waals surface area contributed by atoms with Crippen molar-refractivity contribution in [1.29, 1.82) is 0 Å². The van der Waals surface area contributed by atoms with Crippen molar-refractivity contribution in [2.45, 2.75) is 6.23 Å². The lowest BCUT2D eigenvalue weighted by Crippen LogP contribution is -2.39. The summed E-state index contributed by atoms with van der Waals surface area (Å²) in [4.78, 5) is 15.2. The van der Waals surface area contributed by atoms with E-state index in [2.05, 4.69) is 4.99 Å². The molecule has 1 heterocycles. The van der Waals surface area contributed by atoms with Crippen molar-refractivity contribution >= 4 is 23.9 Å². The van der Waals surface area contributed by atoms with E-state index in [-0.39, 0.29) is 5.16 Å². The van der Waals surface area contributed by atoms with E-state index in [9.17, 15) is 4.79 Å². The molecule has 0 aliphatic carbocycles. The summed E-state index contributed by atoms with van der Waals surface area (Å²) in [5, 5.41) is 8.75. The first-order chi connectivity index (χ1) is 5.65. The summed E-state index contributed by atoms with van der Waals surface area (Å²) in [6, 6.07) is 0. The summed E-state index contributed by atoms with van der Waals surface area (Å²) in [6.07, 6.45) is 0.685. The number of aliphatic imine (C=N–C) groups is 1. The third-order valence-electron chi connectivity index (χ3n) is 1.31. The normalized spacial score (nSPS) is 22.3. The largest absolute Gasteiger partial charge is 0.465 e. The summed E-state index contributed by atoms with van der Waals surface area (Å²) < 4.78 is 4.81. The molecule has 12 heavy (non-hydrogen) atoms. The van der Waals surface area contributed by atoms with E-state index in [0.717, 1.165) is 4.90 Å². The van der Waals surface area contributed by atoms with Crippen LogP contribution < -0.4 is 0 Å². The number of rotatable bonds is 1. The van der Waals surface area contributed by atoms with Gasteiger partial charge in [0.2, 0.25) is 0 Å². The first-order valence-electron chi connectivity index (χ1n) is 3.10. The Bertz CT molecular complexity index is 251. The molecule has 1 amide bonds. The molecule has 1 aliphatic rings. The van der Waals surface area contributed by atoms with Gasteiger partial charge in [0.05, 0.1) is 12.4 Å². The number of amides is 1. The van der Waals surface area contributed by atoms with Crippen LogP contribution in [0.1, 0.15) is 0 Å². The Morgan fingerprint density at radius 3 is 3.08 bits per heavy atom. The zero-order chi connectivity index (χ0) is 9.14. The van der Waals surface area contributed by atoms with Gasteiger partial charge in [-0.25, -0.2) is 14.7 Å². The van der Waals surface area contributed by atoms with Crippen LogP contribution in [0.15, 0.2) is 16.3 Å². The lowest BCUT2D eigenvalue weighted by Gasteiger charge is -2.23. The number of nitrogens with zero attached hydrogens (tertiary/aromatic N) is 2. The molecule has 0 radical (unpaired) electrons. The molecule has 0 spiro atoms. The van der Waals surface area contributed by atoms with Gasteiger partial charge in [-0.2, -0.15) is 0 Å². The second-order valence-electron chi connectivity index (χ2n) is 2.05. The number of methoxy groups -OCH3 is 1. The molecule has 1 atom stereocenters. The van der Waals surface area contributed by atoms with Crippen LogP contribution >= 0.6 is 11.6 Å². The van der Waals surface area contributed by atoms with Gasteiger partial charge in [-0.15, -0.1) is 0 Å². The SMILES string of the molecule is COC1C=NC(Cl)=CN1C(=O)O. The number of hydrogen-bond donors (Lipinski definition) is 1. The van der Waals surface area contributed by atoms with Crippen LogP contribution in [-0.2, 0) is 4.74 Å². The second kappa shape index (κ2) is 3.55. The molecule has 0 aromatic heterocycles. The van der Waals surface area contributed by atoms with Crippen LogP contribution in [0.3, 0.4) is 0 Å². The molecule has 0 aromatic carbocycles. The molecule has 0 aromatic rings. The van der Waals surface area contributed by atoms with Crippen molar-refractivity contribution in [2.24, 2.45) is 4.99 Å². The van der Waals surface area contributed by atoms with Crippen molar-refractivity contribution in [3.05, 3.63) is 11.4 Å². The average molecular weight is 191 g/mol. The first kappa shape index (κ1) is 9.02. The van der Waals surface area contributed by atoms with Crippen LogP contribution in [0.2, 0.25) is 0 Å². The fraction of sp³-hybridized carbons (Fsp3) is 0.333. The van der Waals surface area contributed by atoms with E-state index >= 15 is 0 Å². The standard InChI is InChI=1S/C6H7ClN2O3/c1-12-5-2-8-4(7)3-9(5)6(10)11/h2-3,5H,1H3,(H,10,11). The Labute approximate surface area is 73.9 Å². The molecule has 66 valence electrons. The van der Waals surface area contributed by atoms with Crippen LogP contribution in [0, 0.1) is 0 Å². The van der Waals surface area contributed by atoms with E-state index < -0.39 is 12.3 Å².